The molecule has 1 aliphatic carbocycles. The Morgan fingerprint density at radius 1 is 1.28 bits per heavy atom. The van der Waals surface area contributed by atoms with Gasteiger partial charge in [-0.3, -0.25) is 4.79 Å². The van der Waals surface area contributed by atoms with Crippen molar-refractivity contribution in [2.24, 2.45) is 11.7 Å². The minimum Gasteiger partial charge on any atom is -0.339 e. The van der Waals surface area contributed by atoms with Gasteiger partial charge in [0, 0.05) is 24.5 Å². The van der Waals surface area contributed by atoms with Crippen molar-refractivity contribution in [3.63, 3.8) is 0 Å². The van der Waals surface area contributed by atoms with E-state index in [1.165, 1.54) is 12.8 Å². The lowest BCUT2D eigenvalue weighted by Gasteiger charge is -2.26. The molecule has 0 bridgehead atoms. The molecule has 1 saturated carbocycles. The zero-order valence-corrected chi connectivity index (χ0v) is 12.3. The summed E-state index contributed by atoms with van der Waals surface area (Å²) in [7, 11) is 0. The molecule has 0 radical (unpaired) electrons. The molecule has 0 aromatic carbocycles. The highest BCUT2D eigenvalue weighted by molar-refractivity contribution is 5.79. The molecule has 106 valence electrons. The van der Waals surface area contributed by atoms with Crippen LogP contribution in [0.5, 0.6) is 0 Å². The van der Waals surface area contributed by atoms with E-state index in [0.717, 1.165) is 38.6 Å². The maximum absolute atomic E-state index is 12.4. The Labute approximate surface area is 112 Å². The van der Waals surface area contributed by atoms with Crippen molar-refractivity contribution in [1.29, 1.82) is 0 Å². The van der Waals surface area contributed by atoms with Gasteiger partial charge in [-0.25, -0.2) is 0 Å². The van der Waals surface area contributed by atoms with Crippen molar-refractivity contribution in [2.45, 2.75) is 77.8 Å². The van der Waals surface area contributed by atoms with Crippen molar-refractivity contribution in [1.82, 2.24) is 4.90 Å². The number of rotatable bonds is 9. The smallest absolute Gasteiger partial charge is 0.225 e. The molecule has 2 N–H and O–H groups in total. The highest BCUT2D eigenvalue weighted by Crippen LogP contribution is 2.29. The number of hydrogen-bond acceptors (Lipinski definition) is 2. The molecule has 18 heavy (non-hydrogen) atoms. The second-order valence-electron chi connectivity index (χ2n) is 5.93. The molecule has 0 saturated heterocycles. The van der Waals surface area contributed by atoms with Gasteiger partial charge in [0.25, 0.3) is 0 Å². The van der Waals surface area contributed by atoms with Crippen molar-refractivity contribution in [3.05, 3.63) is 0 Å². The van der Waals surface area contributed by atoms with Crippen molar-refractivity contribution in [3.8, 4) is 0 Å². The van der Waals surface area contributed by atoms with E-state index in [0.29, 0.717) is 11.9 Å². The number of unbranched alkanes of at least 4 members (excludes halogenated alkanes) is 1. The van der Waals surface area contributed by atoms with Crippen LogP contribution in [-0.4, -0.2) is 29.4 Å². The molecule has 0 aliphatic heterocycles. The molecule has 1 fully saturated rings. The first kappa shape index (κ1) is 15.5. The second-order valence-corrected chi connectivity index (χ2v) is 5.93. The Bertz CT molecular complexity index is 249. The lowest BCUT2D eigenvalue weighted by Crippen LogP contribution is -2.37. The molecular formula is C15H30N2O. The average Bonchev–Trinajstić information content (AvgIpc) is 3.13. The summed E-state index contributed by atoms with van der Waals surface area (Å²) in [5.74, 6) is 0.539. The molecule has 1 aliphatic rings. The predicted molar refractivity (Wildman–Crippen MR) is 76.3 cm³/mol. The number of carbonyl (C=O) groups excluding carboxylic acids is 1. The Hall–Kier alpha value is -0.570. The van der Waals surface area contributed by atoms with Crippen LogP contribution in [0.2, 0.25) is 0 Å². The maximum atomic E-state index is 12.4. The molecule has 0 heterocycles. The van der Waals surface area contributed by atoms with Gasteiger partial charge in [0.2, 0.25) is 5.91 Å². The van der Waals surface area contributed by atoms with Crippen LogP contribution in [0.1, 0.15) is 65.7 Å². The van der Waals surface area contributed by atoms with Crippen LogP contribution in [0.15, 0.2) is 0 Å². The fourth-order valence-corrected chi connectivity index (χ4v) is 2.34. The first-order valence-corrected chi connectivity index (χ1v) is 7.62. The standard InChI is InChI=1S/C15H30N2O/c1-4-5-11-17(14-9-10-14)15(18)12(2)7-6-8-13(3)16/h12-14H,4-11,16H2,1-3H3. The fraction of sp³-hybridized carbons (Fsp3) is 0.933. The van der Waals surface area contributed by atoms with E-state index in [4.69, 9.17) is 5.73 Å². The molecule has 0 aromatic rings. The largest absolute Gasteiger partial charge is 0.339 e. The SMILES string of the molecule is CCCCN(C(=O)C(C)CCCC(C)N)C1CC1. The molecule has 3 nitrogen and oxygen atoms in total. The topological polar surface area (TPSA) is 46.3 Å². The van der Waals surface area contributed by atoms with E-state index in [2.05, 4.69) is 18.7 Å². The highest BCUT2D eigenvalue weighted by atomic mass is 16.2. The van der Waals surface area contributed by atoms with Crippen LogP contribution in [0.3, 0.4) is 0 Å². The van der Waals surface area contributed by atoms with Gasteiger partial charge in [0.15, 0.2) is 0 Å². The molecule has 1 rings (SSSR count). The van der Waals surface area contributed by atoms with Gasteiger partial charge in [0.1, 0.15) is 0 Å². The van der Waals surface area contributed by atoms with Gasteiger partial charge < -0.3 is 10.6 Å². The molecule has 0 aromatic heterocycles. The van der Waals surface area contributed by atoms with Gasteiger partial charge >= 0.3 is 0 Å². The van der Waals surface area contributed by atoms with Gasteiger partial charge in [-0.1, -0.05) is 26.7 Å². The summed E-state index contributed by atoms with van der Waals surface area (Å²) in [6.07, 6.45) is 7.79. The third-order valence-corrected chi connectivity index (χ3v) is 3.74. The number of hydrogen-bond donors (Lipinski definition) is 1. The minimum atomic E-state index is 0.168. The lowest BCUT2D eigenvalue weighted by molar-refractivity contribution is -0.135. The Morgan fingerprint density at radius 3 is 2.44 bits per heavy atom. The van der Waals surface area contributed by atoms with Gasteiger partial charge in [-0.05, 0) is 39.0 Å². The molecule has 2 atom stereocenters. The molecular weight excluding hydrogens is 224 g/mol. The molecule has 2 unspecified atom stereocenters. The first-order valence-electron chi connectivity index (χ1n) is 7.62. The van der Waals surface area contributed by atoms with E-state index in [1.54, 1.807) is 0 Å². The van der Waals surface area contributed by atoms with Crippen LogP contribution >= 0.6 is 0 Å². The summed E-state index contributed by atoms with van der Waals surface area (Å²) in [5.41, 5.74) is 5.74. The number of nitrogens with two attached hydrogens (primary N) is 1. The van der Waals surface area contributed by atoms with E-state index in [9.17, 15) is 4.79 Å². The quantitative estimate of drug-likeness (QED) is 0.687. The van der Waals surface area contributed by atoms with Crippen LogP contribution in [0.25, 0.3) is 0 Å². The Morgan fingerprint density at radius 2 is 1.94 bits per heavy atom. The Kier molecular flexibility index (Phi) is 6.69. The van der Waals surface area contributed by atoms with Crippen molar-refractivity contribution >= 4 is 5.91 Å². The van der Waals surface area contributed by atoms with E-state index >= 15 is 0 Å². The van der Waals surface area contributed by atoms with Crippen molar-refractivity contribution in [2.75, 3.05) is 6.54 Å². The summed E-state index contributed by atoms with van der Waals surface area (Å²) in [5, 5.41) is 0. The summed E-state index contributed by atoms with van der Waals surface area (Å²) in [4.78, 5) is 14.5. The lowest BCUT2D eigenvalue weighted by atomic mass is 10.0. The summed E-state index contributed by atoms with van der Waals surface area (Å²) in [6.45, 7) is 7.24. The summed E-state index contributed by atoms with van der Waals surface area (Å²) < 4.78 is 0. The summed E-state index contributed by atoms with van der Waals surface area (Å²) >= 11 is 0. The van der Waals surface area contributed by atoms with E-state index in [1.807, 2.05) is 6.92 Å². The van der Waals surface area contributed by atoms with Crippen LogP contribution < -0.4 is 5.73 Å². The first-order chi connectivity index (χ1) is 8.56. The average molecular weight is 254 g/mol. The normalized spacial score (nSPS) is 18.4. The van der Waals surface area contributed by atoms with Crippen LogP contribution in [0.4, 0.5) is 0 Å². The highest BCUT2D eigenvalue weighted by Gasteiger charge is 2.33. The molecule has 3 heteroatoms. The third kappa shape index (κ3) is 5.38. The number of nitrogens with zero attached hydrogens (tertiary/aromatic N) is 1. The summed E-state index contributed by atoms with van der Waals surface area (Å²) in [6, 6.07) is 0.812. The third-order valence-electron chi connectivity index (χ3n) is 3.74. The van der Waals surface area contributed by atoms with E-state index in [-0.39, 0.29) is 12.0 Å². The predicted octanol–water partition coefficient (Wildman–Crippen LogP) is 2.93. The molecule has 1 amide bonds. The van der Waals surface area contributed by atoms with Crippen LogP contribution in [0, 0.1) is 5.92 Å². The van der Waals surface area contributed by atoms with E-state index < -0.39 is 0 Å². The molecule has 0 spiro atoms. The van der Waals surface area contributed by atoms with Crippen molar-refractivity contribution < 1.29 is 4.79 Å². The van der Waals surface area contributed by atoms with Gasteiger partial charge in [-0.2, -0.15) is 0 Å². The zero-order valence-electron chi connectivity index (χ0n) is 12.3. The second kappa shape index (κ2) is 7.78. The zero-order chi connectivity index (χ0) is 13.5. The number of amides is 1. The fourth-order valence-electron chi connectivity index (χ4n) is 2.34. The minimum absolute atomic E-state index is 0.168. The monoisotopic (exact) mass is 254 g/mol. The van der Waals surface area contributed by atoms with Gasteiger partial charge in [0.05, 0.1) is 0 Å². The number of carbonyl (C=O) groups is 1. The van der Waals surface area contributed by atoms with Crippen LogP contribution in [-0.2, 0) is 4.79 Å². The van der Waals surface area contributed by atoms with Gasteiger partial charge in [-0.15, -0.1) is 0 Å². The maximum Gasteiger partial charge on any atom is 0.225 e. The Balaban J connectivity index is 2.33.